The maximum absolute atomic E-state index is 14.2. The Balaban J connectivity index is 1.89. The van der Waals surface area contributed by atoms with Crippen LogP contribution in [0.3, 0.4) is 0 Å². The van der Waals surface area contributed by atoms with Crippen LogP contribution in [0, 0.1) is 12.7 Å². The Morgan fingerprint density at radius 3 is 2.44 bits per heavy atom. The van der Waals surface area contributed by atoms with Crippen molar-refractivity contribution >= 4 is 28.5 Å². The molecule has 2 N–H and O–H groups in total. The monoisotopic (exact) mass is 479 g/mol. The van der Waals surface area contributed by atoms with Gasteiger partial charge in [0.15, 0.2) is 0 Å². The van der Waals surface area contributed by atoms with Crippen molar-refractivity contribution in [1.29, 1.82) is 0 Å². The standard InChI is InChI=1S/C27H23ClFNO4/c1-15-12-20(6-7-21(15)29)30-22-13-19(28)14-23(31)25(22)24(26(30)17-8-10-34-11-9-17)16-2-4-18(5-3-16)27(32)33/h2-7,12-14,17,31H,8-11H2,1H3,(H,32,33). The molecule has 0 saturated carbocycles. The lowest BCUT2D eigenvalue weighted by Crippen LogP contribution is -2.17. The van der Waals surface area contributed by atoms with E-state index in [9.17, 15) is 19.4 Å². The number of nitrogens with zero attached hydrogens (tertiary/aromatic N) is 1. The number of halogens is 2. The van der Waals surface area contributed by atoms with E-state index in [-0.39, 0.29) is 23.0 Å². The summed E-state index contributed by atoms with van der Waals surface area (Å²) in [4.78, 5) is 11.4. The third-order valence-electron chi connectivity index (χ3n) is 6.48. The van der Waals surface area contributed by atoms with E-state index in [1.807, 2.05) is 4.57 Å². The minimum atomic E-state index is -1.00. The second kappa shape index (κ2) is 8.78. The predicted octanol–water partition coefficient (Wildman–Crippen LogP) is 6.70. The highest BCUT2D eigenvalue weighted by Gasteiger charge is 2.29. The third-order valence-corrected chi connectivity index (χ3v) is 6.70. The zero-order chi connectivity index (χ0) is 24.0. The Hall–Kier alpha value is -3.35. The lowest BCUT2D eigenvalue weighted by Gasteiger charge is -2.26. The first kappa shape index (κ1) is 22.4. The van der Waals surface area contributed by atoms with Gasteiger partial charge in [-0.3, -0.25) is 0 Å². The highest BCUT2D eigenvalue weighted by atomic mass is 35.5. The fourth-order valence-corrected chi connectivity index (χ4v) is 5.06. The largest absolute Gasteiger partial charge is 0.507 e. The molecule has 0 bridgehead atoms. The number of aromatic carboxylic acids is 1. The maximum atomic E-state index is 14.2. The summed E-state index contributed by atoms with van der Waals surface area (Å²) in [6, 6.07) is 14.9. The minimum absolute atomic E-state index is 0.0331. The van der Waals surface area contributed by atoms with E-state index in [1.54, 1.807) is 49.4 Å². The van der Waals surface area contributed by atoms with Crippen molar-refractivity contribution in [2.45, 2.75) is 25.7 Å². The molecule has 1 aliphatic heterocycles. The molecule has 0 atom stereocenters. The SMILES string of the molecule is Cc1cc(-n2c(C3CCOCC3)c(-c3ccc(C(=O)O)cc3)c3c(O)cc(Cl)cc32)ccc1F. The van der Waals surface area contributed by atoms with E-state index in [2.05, 4.69) is 0 Å². The second-order valence-corrected chi connectivity index (χ2v) is 9.05. The summed E-state index contributed by atoms with van der Waals surface area (Å²) in [5.74, 6) is -1.15. The molecule has 3 aromatic carbocycles. The maximum Gasteiger partial charge on any atom is 0.335 e. The molecule has 0 radical (unpaired) electrons. The van der Waals surface area contributed by atoms with Crippen LogP contribution < -0.4 is 0 Å². The molecule has 1 aliphatic rings. The molecule has 0 unspecified atom stereocenters. The molecule has 5 rings (SSSR count). The number of hydrogen-bond acceptors (Lipinski definition) is 3. The molecule has 34 heavy (non-hydrogen) atoms. The van der Waals surface area contributed by atoms with Crippen LogP contribution >= 0.6 is 11.6 Å². The number of carboxylic acids is 1. The first-order valence-electron chi connectivity index (χ1n) is 11.1. The topological polar surface area (TPSA) is 71.7 Å². The number of aromatic hydroxyl groups is 1. The molecule has 2 heterocycles. The highest BCUT2D eigenvalue weighted by Crippen LogP contribution is 2.47. The zero-order valence-electron chi connectivity index (χ0n) is 18.5. The summed E-state index contributed by atoms with van der Waals surface area (Å²) in [5, 5.41) is 21.4. The molecular formula is C27H23ClFNO4. The van der Waals surface area contributed by atoms with Crippen molar-refractivity contribution in [3.63, 3.8) is 0 Å². The Morgan fingerprint density at radius 2 is 1.79 bits per heavy atom. The van der Waals surface area contributed by atoms with E-state index in [4.69, 9.17) is 16.3 Å². The van der Waals surface area contributed by atoms with Gasteiger partial charge in [0.1, 0.15) is 11.6 Å². The first-order valence-corrected chi connectivity index (χ1v) is 11.5. The highest BCUT2D eigenvalue weighted by molar-refractivity contribution is 6.31. The summed E-state index contributed by atoms with van der Waals surface area (Å²) in [6.45, 7) is 2.94. The van der Waals surface area contributed by atoms with Crippen LogP contribution in [0.2, 0.25) is 5.02 Å². The van der Waals surface area contributed by atoms with Gasteiger partial charge in [-0.25, -0.2) is 9.18 Å². The van der Waals surface area contributed by atoms with Gasteiger partial charge in [-0.2, -0.15) is 0 Å². The number of rotatable bonds is 4. The quantitative estimate of drug-likeness (QED) is 0.342. The van der Waals surface area contributed by atoms with Gasteiger partial charge < -0.3 is 19.5 Å². The third kappa shape index (κ3) is 3.83. The lowest BCUT2D eigenvalue weighted by molar-refractivity contribution is 0.0697. The number of carbonyl (C=O) groups is 1. The molecule has 1 aromatic heterocycles. The minimum Gasteiger partial charge on any atom is -0.507 e. The molecule has 1 saturated heterocycles. The molecule has 0 amide bonds. The van der Waals surface area contributed by atoms with Crippen LogP contribution in [-0.4, -0.2) is 34.0 Å². The van der Waals surface area contributed by atoms with Crippen LogP contribution in [-0.2, 0) is 4.74 Å². The molecule has 4 aromatic rings. The number of fused-ring (bicyclic) bond motifs is 1. The van der Waals surface area contributed by atoms with E-state index >= 15 is 0 Å². The van der Waals surface area contributed by atoms with Gasteiger partial charge in [0.05, 0.1) is 16.5 Å². The van der Waals surface area contributed by atoms with Crippen LogP contribution in [0.1, 0.15) is 40.4 Å². The summed E-state index contributed by atoms with van der Waals surface area (Å²) in [5.41, 5.74) is 4.72. The fourth-order valence-electron chi connectivity index (χ4n) is 4.86. The summed E-state index contributed by atoms with van der Waals surface area (Å²) >= 11 is 6.37. The number of phenolic OH excluding ortho intramolecular Hbond substituents is 1. The summed E-state index contributed by atoms with van der Waals surface area (Å²) < 4.78 is 21.8. The lowest BCUT2D eigenvalue weighted by atomic mass is 9.89. The van der Waals surface area contributed by atoms with Crippen molar-refractivity contribution < 1.29 is 24.1 Å². The molecule has 0 aliphatic carbocycles. The van der Waals surface area contributed by atoms with E-state index in [0.29, 0.717) is 34.7 Å². The fraction of sp³-hybridized carbons (Fsp3) is 0.222. The summed E-state index contributed by atoms with van der Waals surface area (Å²) in [6.07, 6.45) is 1.57. The van der Waals surface area contributed by atoms with E-state index in [0.717, 1.165) is 35.3 Å². The van der Waals surface area contributed by atoms with Gasteiger partial charge in [0, 0.05) is 41.1 Å². The number of aromatic nitrogens is 1. The normalized spacial score (nSPS) is 14.6. The number of carboxylic acid groups (broad SMARTS) is 1. The van der Waals surface area contributed by atoms with Gasteiger partial charge in [-0.05, 0) is 73.4 Å². The van der Waals surface area contributed by atoms with E-state index in [1.165, 1.54) is 12.1 Å². The Kier molecular flexibility index (Phi) is 5.80. The van der Waals surface area contributed by atoms with Gasteiger partial charge in [0.2, 0.25) is 0 Å². The summed E-state index contributed by atoms with van der Waals surface area (Å²) in [7, 11) is 0. The van der Waals surface area contributed by atoms with Crippen LogP contribution in [0.25, 0.3) is 27.7 Å². The van der Waals surface area contributed by atoms with Gasteiger partial charge >= 0.3 is 5.97 Å². The number of ether oxygens (including phenoxy) is 1. The molecular weight excluding hydrogens is 457 g/mol. The van der Waals surface area contributed by atoms with Crippen LogP contribution in [0.5, 0.6) is 5.75 Å². The predicted molar refractivity (Wildman–Crippen MR) is 130 cm³/mol. The van der Waals surface area contributed by atoms with Gasteiger partial charge in [-0.15, -0.1) is 0 Å². The Bertz CT molecular complexity index is 1400. The van der Waals surface area contributed by atoms with Crippen molar-refractivity contribution in [3.05, 3.63) is 82.3 Å². The average Bonchev–Trinajstić information content (AvgIpc) is 3.16. The van der Waals surface area contributed by atoms with Crippen LogP contribution in [0.15, 0.2) is 54.6 Å². The number of benzene rings is 3. The van der Waals surface area contributed by atoms with Gasteiger partial charge in [-0.1, -0.05) is 23.7 Å². The first-order chi connectivity index (χ1) is 16.3. The van der Waals surface area contributed by atoms with Crippen molar-refractivity contribution in [3.8, 4) is 22.6 Å². The molecule has 5 nitrogen and oxygen atoms in total. The van der Waals surface area contributed by atoms with Crippen molar-refractivity contribution in [1.82, 2.24) is 4.57 Å². The second-order valence-electron chi connectivity index (χ2n) is 8.62. The van der Waals surface area contributed by atoms with E-state index < -0.39 is 5.97 Å². The molecule has 174 valence electrons. The average molecular weight is 480 g/mol. The van der Waals surface area contributed by atoms with Gasteiger partial charge in [0.25, 0.3) is 0 Å². The number of phenols is 1. The number of aryl methyl sites for hydroxylation is 1. The van der Waals surface area contributed by atoms with Crippen LogP contribution in [0.4, 0.5) is 4.39 Å². The van der Waals surface area contributed by atoms with Crippen molar-refractivity contribution in [2.24, 2.45) is 0 Å². The van der Waals surface area contributed by atoms with Crippen molar-refractivity contribution in [2.75, 3.05) is 13.2 Å². The zero-order valence-corrected chi connectivity index (χ0v) is 19.3. The molecule has 1 fully saturated rings. The Morgan fingerprint density at radius 1 is 1.09 bits per heavy atom. The molecule has 0 spiro atoms. The molecule has 7 heteroatoms. The number of hydrogen-bond donors (Lipinski definition) is 2. The Labute approximate surface area is 201 Å². The smallest absolute Gasteiger partial charge is 0.335 e.